The van der Waals surface area contributed by atoms with Gasteiger partial charge in [-0.3, -0.25) is 0 Å². The highest BCUT2D eigenvalue weighted by Crippen LogP contribution is 2.30. The van der Waals surface area contributed by atoms with Gasteiger partial charge in [-0.15, -0.1) is 0 Å². The van der Waals surface area contributed by atoms with Crippen molar-refractivity contribution >= 4 is 33.9 Å². The van der Waals surface area contributed by atoms with Crippen molar-refractivity contribution in [2.24, 2.45) is 0 Å². The minimum absolute atomic E-state index is 0.822. The fourth-order valence-corrected chi connectivity index (χ4v) is 4.16. The van der Waals surface area contributed by atoms with Crippen LogP contribution < -0.4 is 10.2 Å². The molecule has 1 fully saturated rings. The summed E-state index contributed by atoms with van der Waals surface area (Å²) in [6.07, 6.45) is 9.23. The standard InChI is InChI=1S/C23H23N9/c1-30-6-8-31(9-7-30)22-11-17(4-5-24-22)29-18-10-19-20(13-26-23(19)25-12-18)16-2-3-21-27-15-28-32(21)14-16/h2-5,10-15H,6-9H2,1H3,(H,24,29)(H,25,26). The first-order valence-corrected chi connectivity index (χ1v) is 10.7. The molecule has 0 unspecified atom stereocenters. The molecule has 1 aliphatic heterocycles. The van der Waals surface area contributed by atoms with E-state index in [-0.39, 0.29) is 0 Å². The van der Waals surface area contributed by atoms with Crippen LogP contribution in [0.5, 0.6) is 0 Å². The second-order valence-corrected chi connectivity index (χ2v) is 8.12. The Bertz CT molecular complexity index is 1400. The smallest absolute Gasteiger partial charge is 0.155 e. The van der Waals surface area contributed by atoms with Crippen molar-refractivity contribution in [2.45, 2.75) is 0 Å². The summed E-state index contributed by atoms with van der Waals surface area (Å²) in [5, 5.41) is 8.79. The van der Waals surface area contributed by atoms with Crippen LogP contribution in [-0.2, 0) is 0 Å². The minimum atomic E-state index is 0.822. The third-order valence-electron chi connectivity index (χ3n) is 5.98. The second-order valence-electron chi connectivity index (χ2n) is 8.12. The van der Waals surface area contributed by atoms with Crippen LogP contribution in [0.4, 0.5) is 17.2 Å². The Morgan fingerprint density at radius 1 is 0.969 bits per heavy atom. The summed E-state index contributed by atoms with van der Waals surface area (Å²) in [4.78, 5) is 21.4. The quantitative estimate of drug-likeness (QED) is 0.457. The van der Waals surface area contributed by atoms with Gasteiger partial charge in [0.1, 0.15) is 17.8 Å². The van der Waals surface area contributed by atoms with Gasteiger partial charge in [-0.2, -0.15) is 5.10 Å². The Kier molecular flexibility index (Phi) is 4.46. The van der Waals surface area contributed by atoms with Crippen LogP contribution >= 0.6 is 0 Å². The number of aromatic amines is 1. The number of piperazine rings is 1. The molecule has 9 nitrogen and oxygen atoms in total. The number of anilines is 3. The van der Waals surface area contributed by atoms with E-state index in [0.717, 1.165) is 71.2 Å². The van der Waals surface area contributed by atoms with Crippen LogP contribution in [0, 0.1) is 0 Å². The SMILES string of the molecule is CN1CCN(c2cc(Nc3cnc4[nH]cc(-c5ccc6ncnn6c5)c4c3)ccn2)CC1. The molecule has 0 amide bonds. The molecule has 0 saturated carbocycles. The van der Waals surface area contributed by atoms with E-state index < -0.39 is 0 Å². The van der Waals surface area contributed by atoms with Gasteiger partial charge in [0.05, 0.1) is 11.9 Å². The molecule has 0 aliphatic carbocycles. The highest BCUT2D eigenvalue weighted by Gasteiger charge is 2.16. The van der Waals surface area contributed by atoms with Gasteiger partial charge in [0.15, 0.2) is 5.65 Å². The summed E-state index contributed by atoms with van der Waals surface area (Å²) in [5.41, 5.74) is 5.71. The van der Waals surface area contributed by atoms with Gasteiger partial charge in [-0.1, -0.05) is 0 Å². The second kappa shape index (κ2) is 7.61. The molecule has 1 saturated heterocycles. The predicted molar refractivity (Wildman–Crippen MR) is 125 cm³/mol. The van der Waals surface area contributed by atoms with Gasteiger partial charge in [0.25, 0.3) is 0 Å². The van der Waals surface area contributed by atoms with E-state index in [2.05, 4.69) is 65.4 Å². The lowest BCUT2D eigenvalue weighted by Crippen LogP contribution is -2.44. The maximum atomic E-state index is 4.61. The number of H-pyrrole nitrogens is 1. The molecule has 6 rings (SSSR count). The zero-order valence-electron chi connectivity index (χ0n) is 17.7. The summed E-state index contributed by atoms with van der Waals surface area (Å²) in [5.74, 6) is 1.00. The number of fused-ring (bicyclic) bond motifs is 2. The van der Waals surface area contributed by atoms with Gasteiger partial charge in [0, 0.05) is 73.0 Å². The van der Waals surface area contributed by atoms with Crippen molar-refractivity contribution in [3.63, 3.8) is 0 Å². The maximum absolute atomic E-state index is 4.61. The van der Waals surface area contributed by atoms with E-state index in [1.165, 1.54) is 0 Å². The number of hydrogen-bond acceptors (Lipinski definition) is 7. The maximum Gasteiger partial charge on any atom is 0.155 e. The van der Waals surface area contributed by atoms with Crippen LogP contribution in [0.15, 0.2) is 61.4 Å². The number of nitrogens with zero attached hydrogens (tertiary/aromatic N) is 7. The Morgan fingerprint density at radius 2 is 1.88 bits per heavy atom. The molecule has 9 heteroatoms. The number of rotatable bonds is 4. The molecular formula is C23H23N9. The number of pyridine rings is 3. The fourth-order valence-electron chi connectivity index (χ4n) is 4.16. The third-order valence-corrected chi connectivity index (χ3v) is 5.98. The normalized spacial score (nSPS) is 15.0. The third kappa shape index (κ3) is 3.42. The largest absolute Gasteiger partial charge is 0.354 e. The Labute approximate surface area is 184 Å². The van der Waals surface area contributed by atoms with Crippen LogP contribution in [0.1, 0.15) is 0 Å². The van der Waals surface area contributed by atoms with Crippen molar-refractivity contribution in [3.8, 4) is 11.1 Å². The van der Waals surface area contributed by atoms with Gasteiger partial charge in [0.2, 0.25) is 0 Å². The van der Waals surface area contributed by atoms with E-state index in [1.54, 1.807) is 10.8 Å². The molecule has 160 valence electrons. The van der Waals surface area contributed by atoms with Gasteiger partial charge in [-0.05, 0) is 31.3 Å². The van der Waals surface area contributed by atoms with Gasteiger partial charge >= 0.3 is 0 Å². The molecule has 0 aromatic carbocycles. The summed E-state index contributed by atoms with van der Waals surface area (Å²) >= 11 is 0. The van der Waals surface area contributed by atoms with E-state index in [4.69, 9.17) is 0 Å². The topological polar surface area (TPSA) is 90.3 Å². The van der Waals surface area contributed by atoms with E-state index in [9.17, 15) is 0 Å². The summed E-state index contributed by atoms with van der Waals surface area (Å²) < 4.78 is 1.78. The monoisotopic (exact) mass is 425 g/mol. The zero-order valence-corrected chi connectivity index (χ0v) is 17.7. The number of nitrogens with one attached hydrogen (secondary N) is 2. The summed E-state index contributed by atoms with van der Waals surface area (Å²) in [6.45, 7) is 4.08. The summed E-state index contributed by atoms with van der Waals surface area (Å²) in [6, 6.07) is 10.2. The molecule has 5 aromatic heterocycles. The molecule has 32 heavy (non-hydrogen) atoms. The first kappa shape index (κ1) is 18.8. The van der Waals surface area contributed by atoms with Crippen LogP contribution in [0.2, 0.25) is 0 Å². The Hall–Kier alpha value is -3.98. The molecule has 0 bridgehead atoms. The predicted octanol–water partition coefficient (Wildman–Crippen LogP) is 3.16. The molecule has 6 heterocycles. The first-order valence-electron chi connectivity index (χ1n) is 10.7. The molecule has 0 spiro atoms. The molecule has 2 N–H and O–H groups in total. The number of aromatic nitrogens is 6. The molecule has 0 radical (unpaired) electrons. The van der Waals surface area contributed by atoms with Crippen molar-refractivity contribution < 1.29 is 0 Å². The lowest BCUT2D eigenvalue weighted by molar-refractivity contribution is 0.312. The number of hydrogen-bond donors (Lipinski definition) is 2. The van der Waals surface area contributed by atoms with Crippen LogP contribution in [0.3, 0.4) is 0 Å². The summed E-state index contributed by atoms with van der Waals surface area (Å²) in [7, 11) is 2.16. The van der Waals surface area contributed by atoms with Gasteiger partial charge in [-0.25, -0.2) is 19.5 Å². The first-order chi connectivity index (χ1) is 15.7. The van der Waals surface area contributed by atoms with Crippen molar-refractivity contribution in [3.05, 3.63) is 61.4 Å². The zero-order chi connectivity index (χ0) is 21.5. The molecular weight excluding hydrogens is 402 g/mol. The number of likely N-dealkylation sites (N-methyl/N-ethyl adjacent to an activating group) is 1. The fraction of sp³-hybridized carbons (Fsp3) is 0.217. The lowest BCUT2D eigenvalue weighted by atomic mass is 10.1. The Balaban J connectivity index is 1.30. The van der Waals surface area contributed by atoms with E-state index in [1.807, 2.05) is 36.9 Å². The van der Waals surface area contributed by atoms with Crippen molar-refractivity contribution in [1.82, 2.24) is 34.4 Å². The Morgan fingerprint density at radius 3 is 2.78 bits per heavy atom. The highest BCUT2D eigenvalue weighted by atomic mass is 15.3. The molecule has 1 aliphatic rings. The van der Waals surface area contributed by atoms with Crippen molar-refractivity contribution in [1.29, 1.82) is 0 Å². The minimum Gasteiger partial charge on any atom is -0.354 e. The molecule has 0 atom stereocenters. The average Bonchev–Trinajstić information content (AvgIpc) is 3.46. The van der Waals surface area contributed by atoms with Crippen molar-refractivity contribution in [2.75, 3.05) is 43.4 Å². The molecule has 5 aromatic rings. The van der Waals surface area contributed by atoms with Crippen LogP contribution in [0.25, 0.3) is 27.8 Å². The van der Waals surface area contributed by atoms with E-state index >= 15 is 0 Å². The van der Waals surface area contributed by atoms with Crippen LogP contribution in [-0.4, -0.2) is 67.7 Å². The highest BCUT2D eigenvalue weighted by molar-refractivity contribution is 5.95. The van der Waals surface area contributed by atoms with Gasteiger partial charge < -0.3 is 20.1 Å². The van der Waals surface area contributed by atoms with E-state index in [0.29, 0.717) is 0 Å². The average molecular weight is 426 g/mol. The lowest BCUT2D eigenvalue weighted by Gasteiger charge is -2.33.